The molecule has 0 aliphatic heterocycles. The molecule has 8 heteroatoms. The normalized spacial score (nSPS) is 11.2. The van der Waals surface area contributed by atoms with Crippen LogP contribution < -0.4 is 5.32 Å². The molecule has 170 valence electrons. The molecule has 0 fully saturated rings. The maximum atomic E-state index is 13.2. The first-order chi connectivity index (χ1) is 16.5. The van der Waals surface area contributed by atoms with E-state index in [-0.39, 0.29) is 5.82 Å². The van der Waals surface area contributed by atoms with E-state index in [4.69, 9.17) is 33.3 Å². The van der Waals surface area contributed by atoms with Crippen LogP contribution in [0.3, 0.4) is 0 Å². The molecule has 5 rings (SSSR count). The van der Waals surface area contributed by atoms with E-state index in [2.05, 4.69) is 10.3 Å². The van der Waals surface area contributed by atoms with Gasteiger partial charge >= 0.3 is 0 Å². The van der Waals surface area contributed by atoms with Gasteiger partial charge in [-0.2, -0.15) is 14.6 Å². The molecule has 2 heterocycles. The highest BCUT2D eigenvalue weighted by Gasteiger charge is 2.22. The molecule has 0 bridgehead atoms. The fourth-order valence-electron chi connectivity index (χ4n) is 3.85. The molecule has 0 saturated heterocycles. The summed E-state index contributed by atoms with van der Waals surface area (Å²) in [5.74, 6) is 0.930. The van der Waals surface area contributed by atoms with Gasteiger partial charge in [-0.1, -0.05) is 65.7 Å². The standard InChI is InChI=1S/C26H20Cl2FN5/c1-16-31-25-23(18-8-10-19(27)11-9-18)24(21-4-2-3-5-22(21)28)33-34(25)26(32-16)30-15-14-17-6-12-20(29)13-7-17/h2-13H,14-15H2,1H3,(H,30,31,32). The highest BCUT2D eigenvalue weighted by atomic mass is 35.5. The summed E-state index contributed by atoms with van der Waals surface area (Å²) in [6.07, 6.45) is 0.702. The summed E-state index contributed by atoms with van der Waals surface area (Å²) in [6.45, 7) is 2.44. The van der Waals surface area contributed by atoms with E-state index in [1.165, 1.54) is 12.1 Å². The van der Waals surface area contributed by atoms with Crippen LogP contribution in [0.1, 0.15) is 11.4 Å². The number of hydrogen-bond acceptors (Lipinski definition) is 4. The Hall–Kier alpha value is -3.48. The molecule has 5 aromatic rings. The van der Waals surface area contributed by atoms with E-state index in [0.717, 1.165) is 22.3 Å². The summed E-state index contributed by atoms with van der Waals surface area (Å²) in [5.41, 5.74) is 4.95. The summed E-state index contributed by atoms with van der Waals surface area (Å²) in [5, 5.41) is 9.48. The largest absolute Gasteiger partial charge is 0.354 e. The zero-order chi connectivity index (χ0) is 23.7. The van der Waals surface area contributed by atoms with Crippen LogP contribution in [0.4, 0.5) is 10.3 Å². The van der Waals surface area contributed by atoms with Gasteiger partial charge in [0.2, 0.25) is 5.95 Å². The number of benzene rings is 3. The summed E-state index contributed by atoms with van der Waals surface area (Å²) >= 11 is 12.7. The quantitative estimate of drug-likeness (QED) is 0.281. The summed E-state index contributed by atoms with van der Waals surface area (Å²) in [4.78, 5) is 9.31. The zero-order valence-electron chi connectivity index (χ0n) is 18.3. The van der Waals surface area contributed by atoms with Crippen LogP contribution in [0.5, 0.6) is 0 Å². The predicted molar refractivity (Wildman–Crippen MR) is 135 cm³/mol. The van der Waals surface area contributed by atoms with Gasteiger partial charge in [-0.3, -0.25) is 0 Å². The third-order valence-electron chi connectivity index (χ3n) is 5.47. The Kier molecular flexibility index (Phi) is 6.18. The van der Waals surface area contributed by atoms with E-state index in [9.17, 15) is 4.39 Å². The number of aromatic nitrogens is 4. The molecule has 2 aromatic heterocycles. The first-order valence-corrected chi connectivity index (χ1v) is 11.5. The second-order valence-corrected chi connectivity index (χ2v) is 8.69. The van der Waals surface area contributed by atoms with Crippen LogP contribution in [-0.4, -0.2) is 26.1 Å². The van der Waals surface area contributed by atoms with Crippen molar-refractivity contribution in [2.75, 3.05) is 11.9 Å². The fraction of sp³-hybridized carbons (Fsp3) is 0.115. The van der Waals surface area contributed by atoms with Crippen LogP contribution in [0.15, 0.2) is 72.8 Å². The van der Waals surface area contributed by atoms with Crippen LogP contribution in [0.2, 0.25) is 10.0 Å². The third-order valence-corrected chi connectivity index (χ3v) is 6.05. The van der Waals surface area contributed by atoms with E-state index in [1.54, 1.807) is 16.6 Å². The predicted octanol–water partition coefficient (Wildman–Crippen LogP) is 6.87. The first-order valence-electron chi connectivity index (χ1n) is 10.8. The molecule has 0 aliphatic rings. The average Bonchev–Trinajstić information content (AvgIpc) is 3.20. The highest BCUT2D eigenvalue weighted by Crippen LogP contribution is 2.38. The van der Waals surface area contributed by atoms with Crippen LogP contribution in [0, 0.1) is 12.7 Å². The van der Waals surface area contributed by atoms with Crippen molar-refractivity contribution in [1.29, 1.82) is 0 Å². The van der Waals surface area contributed by atoms with Gasteiger partial charge in [0, 0.05) is 17.1 Å². The number of nitrogens with zero attached hydrogens (tertiary/aromatic N) is 4. The molecular formula is C26H20Cl2FN5. The number of halogens is 3. The van der Waals surface area contributed by atoms with Gasteiger partial charge in [-0.15, -0.1) is 0 Å². The average molecular weight is 492 g/mol. The Labute approximate surface area is 206 Å². The van der Waals surface area contributed by atoms with Gasteiger partial charge in [0.1, 0.15) is 17.3 Å². The number of hydrogen-bond donors (Lipinski definition) is 1. The molecule has 0 aliphatic carbocycles. The van der Waals surface area contributed by atoms with Crippen LogP contribution in [-0.2, 0) is 6.42 Å². The van der Waals surface area contributed by atoms with E-state index in [1.807, 2.05) is 55.5 Å². The van der Waals surface area contributed by atoms with E-state index < -0.39 is 0 Å². The lowest BCUT2D eigenvalue weighted by Gasteiger charge is -2.09. The SMILES string of the molecule is Cc1nc(NCCc2ccc(F)cc2)n2nc(-c3ccccc3Cl)c(-c3ccc(Cl)cc3)c2n1. The molecular weight excluding hydrogens is 472 g/mol. The summed E-state index contributed by atoms with van der Waals surface area (Å²) in [7, 11) is 0. The van der Waals surface area contributed by atoms with Crippen molar-refractivity contribution in [3.8, 4) is 22.4 Å². The van der Waals surface area contributed by atoms with Crippen molar-refractivity contribution in [2.45, 2.75) is 13.3 Å². The molecule has 0 atom stereocenters. The van der Waals surface area contributed by atoms with Crippen molar-refractivity contribution in [1.82, 2.24) is 19.6 Å². The van der Waals surface area contributed by atoms with Crippen LogP contribution in [0.25, 0.3) is 28.0 Å². The van der Waals surface area contributed by atoms with Crippen molar-refractivity contribution >= 4 is 34.8 Å². The van der Waals surface area contributed by atoms with Crippen LogP contribution >= 0.6 is 23.2 Å². The Bertz CT molecular complexity index is 1460. The van der Waals surface area contributed by atoms with E-state index >= 15 is 0 Å². The topological polar surface area (TPSA) is 55.1 Å². The number of nitrogens with one attached hydrogen (secondary N) is 1. The van der Waals surface area contributed by atoms with Crippen molar-refractivity contribution in [2.24, 2.45) is 0 Å². The Morgan fingerprint density at radius 3 is 2.38 bits per heavy atom. The maximum absolute atomic E-state index is 13.2. The van der Waals surface area contributed by atoms with Crippen molar-refractivity contribution < 1.29 is 4.39 Å². The van der Waals surface area contributed by atoms with Gasteiger partial charge in [0.25, 0.3) is 0 Å². The minimum absolute atomic E-state index is 0.247. The molecule has 34 heavy (non-hydrogen) atoms. The van der Waals surface area contributed by atoms with Crippen molar-refractivity contribution in [3.63, 3.8) is 0 Å². The highest BCUT2D eigenvalue weighted by molar-refractivity contribution is 6.33. The van der Waals surface area contributed by atoms with Gasteiger partial charge < -0.3 is 5.32 Å². The third kappa shape index (κ3) is 4.47. The molecule has 0 unspecified atom stereocenters. The van der Waals surface area contributed by atoms with Gasteiger partial charge in [0.15, 0.2) is 5.65 Å². The molecule has 0 spiro atoms. The number of aryl methyl sites for hydroxylation is 1. The molecule has 1 N–H and O–H groups in total. The Balaban J connectivity index is 1.61. The minimum atomic E-state index is -0.247. The monoisotopic (exact) mass is 491 g/mol. The Morgan fingerprint density at radius 2 is 1.65 bits per heavy atom. The first kappa shape index (κ1) is 22.3. The molecule has 0 radical (unpaired) electrons. The lowest BCUT2D eigenvalue weighted by molar-refractivity contribution is 0.627. The van der Waals surface area contributed by atoms with E-state index in [0.29, 0.717) is 46.1 Å². The second kappa shape index (κ2) is 9.41. The number of anilines is 1. The minimum Gasteiger partial charge on any atom is -0.354 e. The van der Waals surface area contributed by atoms with Crippen molar-refractivity contribution in [3.05, 3.63) is 100 Å². The second-order valence-electron chi connectivity index (χ2n) is 7.84. The molecule has 0 amide bonds. The smallest absolute Gasteiger partial charge is 0.227 e. The van der Waals surface area contributed by atoms with Gasteiger partial charge in [0.05, 0.1) is 10.6 Å². The zero-order valence-corrected chi connectivity index (χ0v) is 19.8. The number of fused-ring (bicyclic) bond motifs is 1. The van der Waals surface area contributed by atoms with Gasteiger partial charge in [-0.25, -0.2) is 9.37 Å². The summed E-state index contributed by atoms with van der Waals surface area (Å²) in [6, 6.07) is 21.6. The fourth-order valence-corrected chi connectivity index (χ4v) is 4.20. The summed E-state index contributed by atoms with van der Waals surface area (Å²) < 4.78 is 14.9. The maximum Gasteiger partial charge on any atom is 0.227 e. The number of rotatable bonds is 6. The molecule has 3 aromatic carbocycles. The van der Waals surface area contributed by atoms with Gasteiger partial charge in [-0.05, 0) is 54.8 Å². The molecule has 5 nitrogen and oxygen atoms in total. The lowest BCUT2D eigenvalue weighted by Crippen LogP contribution is -2.12. The Morgan fingerprint density at radius 1 is 0.912 bits per heavy atom. The molecule has 0 saturated carbocycles. The lowest BCUT2D eigenvalue weighted by atomic mass is 10.0.